The van der Waals surface area contributed by atoms with Crippen LogP contribution in [0.4, 0.5) is 5.13 Å². The highest BCUT2D eigenvalue weighted by atomic mass is 32.2. The molecule has 0 fully saturated rings. The number of nitrogens with one attached hydrogen (secondary N) is 1. The van der Waals surface area contributed by atoms with E-state index < -0.39 is 0 Å². The van der Waals surface area contributed by atoms with Gasteiger partial charge in [0, 0.05) is 6.04 Å². The van der Waals surface area contributed by atoms with Crippen LogP contribution in [0, 0.1) is 0 Å². The lowest BCUT2D eigenvalue weighted by atomic mass is 10.3. The van der Waals surface area contributed by atoms with Gasteiger partial charge in [0.2, 0.25) is 11.0 Å². The van der Waals surface area contributed by atoms with Crippen molar-refractivity contribution in [1.82, 2.24) is 25.1 Å². The fourth-order valence-electron chi connectivity index (χ4n) is 2.43. The summed E-state index contributed by atoms with van der Waals surface area (Å²) in [6.45, 7) is 4.61. The number of carbonyl (C=O) groups is 1. The fourth-order valence-corrected chi connectivity index (χ4v) is 3.90. The highest BCUT2D eigenvalue weighted by molar-refractivity contribution is 8.01. The SMILES string of the molecule is CC(C)n1c(CNC(=O)CSc2nnc(N)s2)nc2ccccc21. The highest BCUT2D eigenvalue weighted by Crippen LogP contribution is 2.23. The van der Waals surface area contributed by atoms with E-state index in [4.69, 9.17) is 5.73 Å². The molecule has 2 heterocycles. The Bertz CT molecular complexity index is 857. The summed E-state index contributed by atoms with van der Waals surface area (Å²) in [6.07, 6.45) is 0. The summed E-state index contributed by atoms with van der Waals surface area (Å²) in [5, 5.41) is 10.9. The van der Waals surface area contributed by atoms with Gasteiger partial charge in [-0.25, -0.2) is 4.98 Å². The molecule has 3 rings (SSSR count). The quantitative estimate of drug-likeness (QED) is 0.654. The fraction of sp³-hybridized carbons (Fsp3) is 0.333. The van der Waals surface area contributed by atoms with Crippen molar-refractivity contribution in [3.05, 3.63) is 30.1 Å². The van der Waals surface area contributed by atoms with Gasteiger partial charge in [-0.3, -0.25) is 4.79 Å². The van der Waals surface area contributed by atoms with Gasteiger partial charge in [-0.2, -0.15) is 0 Å². The summed E-state index contributed by atoms with van der Waals surface area (Å²) >= 11 is 2.60. The first kappa shape index (κ1) is 16.7. The molecular formula is C15H18N6OS2. The molecule has 3 aromatic rings. The minimum Gasteiger partial charge on any atom is -0.374 e. The van der Waals surface area contributed by atoms with Crippen LogP contribution in [0.2, 0.25) is 0 Å². The number of nitrogens with zero attached hydrogens (tertiary/aromatic N) is 4. The van der Waals surface area contributed by atoms with Crippen LogP contribution in [-0.4, -0.2) is 31.4 Å². The van der Waals surface area contributed by atoms with Crippen molar-refractivity contribution < 1.29 is 4.79 Å². The third kappa shape index (κ3) is 3.68. The molecule has 0 aliphatic heterocycles. The third-order valence-corrected chi connectivity index (χ3v) is 5.26. The molecule has 9 heteroatoms. The van der Waals surface area contributed by atoms with Crippen LogP contribution in [0.25, 0.3) is 11.0 Å². The van der Waals surface area contributed by atoms with Crippen molar-refractivity contribution in [3.8, 4) is 0 Å². The standard InChI is InChI=1S/C15H18N6OS2/c1-9(2)21-11-6-4-3-5-10(11)18-12(21)7-17-13(22)8-23-15-20-19-14(16)24-15/h3-6,9H,7-8H2,1-2H3,(H2,16,19)(H,17,22). The van der Waals surface area contributed by atoms with Crippen molar-refractivity contribution in [1.29, 1.82) is 0 Å². The predicted molar refractivity (Wildman–Crippen MR) is 97.0 cm³/mol. The molecule has 1 aromatic carbocycles. The minimum atomic E-state index is -0.0730. The Labute approximate surface area is 147 Å². The molecular weight excluding hydrogens is 344 g/mol. The molecule has 0 saturated carbocycles. The molecule has 1 amide bonds. The number of nitrogen functional groups attached to an aromatic ring is 1. The van der Waals surface area contributed by atoms with Gasteiger partial charge in [-0.1, -0.05) is 35.2 Å². The number of rotatable bonds is 6. The molecule has 126 valence electrons. The van der Waals surface area contributed by atoms with Crippen LogP contribution >= 0.6 is 23.1 Å². The summed E-state index contributed by atoms with van der Waals surface area (Å²) in [4.78, 5) is 16.7. The van der Waals surface area contributed by atoms with Crippen LogP contribution < -0.4 is 11.1 Å². The van der Waals surface area contributed by atoms with E-state index >= 15 is 0 Å². The molecule has 3 N–H and O–H groups in total. The van der Waals surface area contributed by atoms with E-state index in [-0.39, 0.29) is 17.7 Å². The van der Waals surface area contributed by atoms with E-state index in [1.165, 1.54) is 23.1 Å². The number of imidazole rings is 1. The summed E-state index contributed by atoms with van der Waals surface area (Å²) in [5.74, 6) is 1.05. The predicted octanol–water partition coefficient (Wildman–Crippen LogP) is 2.46. The number of hydrogen-bond donors (Lipinski definition) is 2. The maximum atomic E-state index is 12.0. The van der Waals surface area contributed by atoms with Crippen molar-refractivity contribution >= 4 is 45.2 Å². The first-order chi connectivity index (χ1) is 11.5. The summed E-state index contributed by atoms with van der Waals surface area (Å²) in [7, 11) is 0. The van der Waals surface area contributed by atoms with E-state index in [1.807, 2.05) is 24.3 Å². The van der Waals surface area contributed by atoms with Crippen LogP contribution in [0.5, 0.6) is 0 Å². The molecule has 0 unspecified atom stereocenters. The van der Waals surface area contributed by atoms with Gasteiger partial charge in [0.15, 0.2) is 4.34 Å². The average molecular weight is 362 g/mol. The van der Waals surface area contributed by atoms with E-state index in [9.17, 15) is 4.79 Å². The molecule has 0 aliphatic carbocycles. The highest BCUT2D eigenvalue weighted by Gasteiger charge is 2.14. The van der Waals surface area contributed by atoms with E-state index in [2.05, 4.69) is 38.9 Å². The molecule has 24 heavy (non-hydrogen) atoms. The number of anilines is 1. The number of hydrogen-bond acceptors (Lipinski definition) is 7. The summed E-state index contributed by atoms with van der Waals surface area (Å²) < 4.78 is 2.84. The Hall–Kier alpha value is -2.13. The molecule has 0 atom stereocenters. The smallest absolute Gasteiger partial charge is 0.230 e. The second-order valence-corrected chi connectivity index (χ2v) is 7.68. The summed E-state index contributed by atoms with van der Waals surface area (Å²) in [5.41, 5.74) is 7.54. The van der Waals surface area contributed by atoms with Crippen LogP contribution in [0.3, 0.4) is 0 Å². The number of para-hydroxylation sites is 2. The van der Waals surface area contributed by atoms with E-state index in [0.29, 0.717) is 16.0 Å². The number of aromatic nitrogens is 4. The van der Waals surface area contributed by atoms with Crippen molar-refractivity contribution in [2.75, 3.05) is 11.5 Å². The first-order valence-electron chi connectivity index (χ1n) is 7.49. The Kier molecular flexibility index (Phi) is 5.00. The maximum Gasteiger partial charge on any atom is 0.230 e. The second-order valence-electron chi connectivity index (χ2n) is 5.45. The molecule has 0 aliphatic rings. The lowest BCUT2D eigenvalue weighted by Crippen LogP contribution is -2.26. The number of benzene rings is 1. The Morgan fingerprint density at radius 2 is 2.17 bits per heavy atom. The minimum absolute atomic E-state index is 0.0730. The molecule has 7 nitrogen and oxygen atoms in total. The largest absolute Gasteiger partial charge is 0.374 e. The lowest BCUT2D eigenvalue weighted by molar-refractivity contribution is -0.118. The van der Waals surface area contributed by atoms with Gasteiger partial charge in [-0.05, 0) is 26.0 Å². The van der Waals surface area contributed by atoms with E-state index in [0.717, 1.165) is 16.9 Å². The summed E-state index contributed by atoms with van der Waals surface area (Å²) in [6, 6.07) is 8.25. The number of carbonyl (C=O) groups excluding carboxylic acids is 1. The van der Waals surface area contributed by atoms with Gasteiger partial charge in [0.1, 0.15) is 5.82 Å². The Balaban J connectivity index is 1.64. The van der Waals surface area contributed by atoms with Gasteiger partial charge in [-0.15, -0.1) is 10.2 Å². The van der Waals surface area contributed by atoms with Crippen molar-refractivity contribution in [2.45, 2.75) is 30.8 Å². The number of amides is 1. The van der Waals surface area contributed by atoms with Gasteiger partial charge in [0.25, 0.3) is 0 Å². The average Bonchev–Trinajstić information content (AvgIpc) is 3.13. The lowest BCUT2D eigenvalue weighted by Gasteiger charge is -2.13. The van der Waals surface area contributed by atoms with Crippen molar-refractivity contribution in [2.24, 2.45) is 0 Å². The van der Waals surface area contributed by atoms with Crippen LogP contribution in [0.15, 0.2) is 28.6 Å². The monoisotopic (exact) mass is 362 g/mol. The Morgan fingerprint density at radius 1 is 1.38 bits per heavy atom. The van der Waals surface area contributed by atoms with Crippen molar-refractivity contribution in [3.63, 3.8) is 0 Å². The third-order valence-electron chi connectivity index (χ3n) is 3.38. The molecule has 0 spiro atoms. The van der Waals surface area contributed by atoms with Crippen LogP contribution in [-0.2, 0) is 11.3 Å². The molecule has 0 bridgehead atoms. The van der Waals surface area contributed by atoms with E-state index in [1.54, 1.807) is 0 Å². The molecule has 0 radical (unpaired) electrons. The number of nitrogens with two attached hydrogens (primary N) is 1. The normalized spacial score (nSPS) is 11.3. The van der Waals surface area contributed by atoms with Gasteiger partial charge >= 0.3 is 0 Å². The maximum absolute atomic E-state index is 12.0. The Morgan fingerprint density at radius 3 is 2.88 bits per heavy atom. The van der Waals surface area contributed by atoms with Gasteiger partial charge in [0.05, 0.1) is 23.3 Å². The zero-order valence-electron chi connectivity index (χ0n) is 13.4. The first-order valence-corrected chi connectivity index (χ1v) is 9.29. The zero-order valence-corrected chi connectivity index (χ0v) is 15.0. The second kappa shape index (κ2) is 7.18. The molecule has 2 aromatic heterocycles. The number of fused-ring (bicyclic) bond motifs is 1. The topological polar surface area (TPSA) is 98.7 Å². The zero-order chi connectivity index (χ0) is 17.1. The van der Waals surface area contributed by atoms with Gasteiger partial charge < -0.3 is 15.6 Å². The molecule has 0 saturated heterocycles. The number of thioether (sulfide) groups is 1. The van der Waals surface area contributed by atoms with Crippen LogP contribution in [0.1, 0.15) is 25.7 Å².